The Labute approximate surface area is 211 Å². The molecule has 1 fully saturated rings. The molecule has 0 aliphatic carbocycles. The van der Waals surface area contributed by atoms with Gasteiger partial charge in [-0.2, -0.15) is 0 Å². The molecule has 2 atom stereocenters. The average molecular weight is 498 g/mol. The number of rotatable bonds is 7. The number of carbonyl (C=O) groups is 2. The second-order valence-electron chi connectivity index (χ2n) is 10.7. The van der Waals surface area contributed by atoms with Gasteiger partial charge in [0.15, 0.2) is 0 Å². The lowest BCUT2D eigenvalue weighted by atomic mass is 9.91. The van der Waals surface area contributed by atoms with Gasteiger partial charge in [0.25, 0.3) is 5.91 Å². The maximum Gasteiger partial charge on any atom is 0.262 e. The Hall–Kier alpha value is -2.70. The zero-order valence-electron chi connectivity index (χ0n) is 20.6. The molecule has 1 unspecified atom stereocenters. The van der Waals surface area contributed by atoms with E-state index in [1.165, 1.54) is 23.8 Å². The normalized spacial score (nSPS) is 18.8. The number of benzene rings is 2. The van der Waals surface area contributed by atoms with Gasteiger partial charge in [-0.05, 0) is 35.1 Å². The standard InChI is InChI=1S/C28H33ClFN3O2/c1-28(2,3)14-25(34)31-24(19-8-5-4-6-9-19)12-13-32-15-20-17-33(18-21(20)16-32)27(35)26-22(29)10-7-11-23(26)30/h4-11,17,21,24H,12-16,18H2,1-3H3,(H,31,34)/t21?,24-/m0/s1. The summed E-state index contributed by atoms with van der Waals surface area (Å²) in [5.74, 6) is -0.698. The molecular formula is C28H33ClFN3O2. The zero-order chi connectivity index (χ0) is 25.2. The van der Waals surface area contributed by atoms with Gasteiger partial charge >= 0.3 is 0 Å². The quantitative estimate of drug-likeness (QED) is 0.554. The first-order valence-electron chi connectivity index (χ1n) is 12.1. The predicted molar refractivity (Wildman–Crippen MR) is 136 cm³/mol. The molecule has 0 radical (unpaired) electrons. The molecule has 35 heavy (non-hydrogen) atoms. The van der Waals surface area contributed by atoms with E-state index in [0.717, 1.165) is 31.6 Å². The third kappa shape index (κ3) is 6.30. The number of nitrogens with zero attached hydrogens (tertiary/aromatic N) is 2. The van der Waals surface area contributed by atoms with E-state index in [1.54, 1.807) is 4.90 Å². The third-order valence-electron chi connectivity index (χ3n) is 6.55. The van der Waals surface area contributed by atoms with Crippen molar-refractivity contribution >= 4 is 23.4 Å². The van der Waals surface area contributed by atoms with Gasteiger partial charge in [0, 0.05) is 44.7 Å². The van der Waals surface area contributed by atoms with Crippen LogP contribution in [0.5, 0.6) is 0 Å². The number of hydrogen-bond acceptors (Lipinski definition) is 3. The smallest absolute Gasteiger partial charge is 0.262 e. The highest BCUT2D eigenvalue weighted by Gasteiger charge is 2.36. The van der Waals surface area contributed by atoms with Crippen LogP contribution >= 0.6 is 11.6 Å². The molecule has 186 valence electrons. The van der Waals surface area contributed by atoms with Crippen LogP contribution in [-0.4, -0.2) is 47.8 Å². The van der Waals surface area contributed by atoms with E-state index in [-0.39, 0.29) is 33.9 Å². The molecule has 1 N–H and O–H groups in total. The second kappa shape index (κ2) is 10.5. The molecule has 0 bridgehead atoms. The summed E-state index contributed by atoms with van der Waals surface area (Å²) >= 11 is 6.09. The lowest BCUT2D eigenvalue weighted by Crippen LogP contribution is -2.34. The second-order valence-corrected chi connectivity index (χ2v) is 11.2. The van der Waals surface area contributed by atoms with Crippen molar-refractivity contribution in [2.75, 3.05) is 26.2 Å². The van der Waals surface area contributed by atoms with Crippen LogP contribution in [0.3, 0.4) is 0 Å². The zero-order valence-corrected chi connectivity index (χ0v) is 21.3. The van der Waals surface area contributed by atoms with E-state index in [0.29, 0.717) is 13.0 Å². The van der Waals surface area contributed by atoms with Crippen molar-refractivity contribution in [3.63, 3.8) is 0 Å². The van der Waals surface area contributed by atoms with Crippen molar-refractivity contribution in [3.05, 3.63) is 82.3 Å². The molecule has 1 saturated heterocycles. The van der Waals surface area contributed by atoms with E-state index in [4.69, 9.17) is 11.6 Å². The van der Waals surface area contributed by atoms with Crippen molar-refractivity contribution < 1.29 is 14.0 Å². The fraction of sp³-hybridized carbons (Fsp3) is 0.429. The van der Waals surface area contributed by atoms with Crippen LogP contribution in [0.2, 0.25) is 5.02 Å². The van der Waals surface area contributed by atoms with Gasteiger partial charge in [-0.15, -0.1) is 0 Å². The van der Waals surface area contributed by atoms with Crippen molar-refractivity contribution in [2.24, 2.45) is 11.3 Å². The summed E-state index contributed by atoms with van der Waals surface area (Å²) in [7, 11) is 0. The third-order valence-corrected chi connectivity index (χ3v) is 6.86. The predicted octanol–water partition coefficient (Wildman–Crippen LogP) is 5.43. The fourth-order valence-corrected chi connectivity index (χ4v) is 5.14. The molecule has 2 aromatic carbocycles. The molecule has 0 saturated carbocycles. The fourth-order valence-electron chi connectivity index (χ4n) is 4.90. The molecule has 0 aromatic heterocycles. The summed E-state index contributed by atoms with van der Waals surface area (Å²) in [6, 6.07) is 14.3. The van der Waals surface area contributed by atoms with Gasteiger partial charge in [-0.1, -0.05) is 68.8 Å². The molecule has 2 aliphatic heterocycles. The van der Waals surface area contributed by atoms with Gasteiger partial charge in [0.05, 0.1) is 16.6 Å². The van der Waals surface area contributed by atoms with Crippen LogP contribution in [-0.2, 0) is 4.79 Å². The molecule has 2 aliphatic rings. The summed E-state index contributed by atoms with van der Waals surface area (Å²) in [6.07, 6.45) is 3.13. The van der Waals surface area contributed by atoms with Crippen molar-refractivity contribution in [3.8, 4) is 0 Å². The summed E-state index contributed by atoms with van der Waals surface area (Å²) in [4.78, 5) is 29.5. The minimum absolute atomic E-state index is 0.0539. The highest BCUT2D eigenvalue weighted by molar-refractivity contribution is 6.33. The Morgan fingerprint density at radius 3 is 2.51 bits per heavy atom. The molecule has 7 heteroatoms. The van der Waals surface area contributed by atoms with E-state index in [1.807, 2.05) is 24.4 Å². The average Bonchev–Trinajstić information content (AvgIpc) is 3.35. The largest absolute Gasteiger partial charge is 0.349 e. The Kier molecular flexibility index (Phi) is 7.62. The van der Waals surface area contributed by atoms with Gasteiger partial charge in [-0.25, -0.2) is 4.39 Å². The number of likely N-dealkylation sites (tertiary alicyclic amines) is 1. The molecule has 2 amide bonds. The molecular weight excluding hydrogens is 465 g/mol. The van der Waals surface area contributed by atoms with Crippen LogP contribution in [0.1, 0.15) is 55.6 Å². The minimum atomic E-state index is -0.597. The van der Waals surface area contributed by atoms with E-state index >= 15 is 0 Å². The number of carbonyl (C=O) groups excluding carboxylic acids is 2. The molecule has 0 spiro atoms. The first-order valence-corrected chi connectivity index (χ1v) is 12.5. The van der Waals surface area contributed by atoms with Crippen molar-refractivity contribution in [1.29, 1.82) is 0 Å². The van der Waals surface area contributed by atoms with Crippen LogP contribution in [0.4, 0.5) is 4.39 Å². The number of hydrogen-bond donors (Lipinski definition) is 1. The van der Waals surface area contributed by atoms with Crippen LogP contribution in [0, 0.1) is 17.2 Å². The van der Waals surface area contributed by atoms with Gasteiger partial charge in [-0.3, -0.25) is 14.5 Å². The number of fused-ring (bicyclic) bond motifs is 1. The monoisotopic (exact) mass is 497 g/mol. The summed E-state index contributed by atoms with van der Waals surface area (Å²) in [5, 5.41) is 3.37. The SMILES string of the molecule is CC(C)(C)CC(=O)N[C@@H](CCN1CC2=CN(C(=O)c3c(F)cccc3Cl)CC2C1)c1ccccc1. The maximum atomic E-state index is 14.2. The van der Waals surface area contributed by atoms with Gasteiger partial charge < -0.3 is 10.2 Å². The first-order chi connectivity index (χ1) is 16.6. The Balaban J connectivity index is 1.37. The first kappa shape index (κ1) is 25.4. The van der Waals surface area contributed by atoms with Crippen LogP contribution in [0.15, 0.2) is 60.3 Å². The van der Waals surface area contributed by atoms with E-state index in [2.05, 4.69) is 43.1 Å². The summed E-state index contributed by atoms with van der Waals surface area (Å²) in [6.45, 7) is 9.14. The number of nitrogens with one attached hydrogen (secondary N) is 1. The lowest BCUT2D eigenvalue weighted by molar-refractivity contribution is -0.123. The Morgan fingerprint density at radius 1 is 1.11 bits per heavy atom. The summed E-state index contributed by atoms with van der Waals surface area (Å²) in [5.41, 5.74) is 2.14. The highest BCUT2D eigenvalue weighted by atomic mass is 35.5. The van der Waals surface area contributed by atoms with E-state index < -0.39 is 11.7 Å². The minimum Gasteiger partial charge on any atom is -0.349 e. The topological polar surface area (TPSA) is 52.7 Å². The number of halogens is 2. The van der Waals surface area contributed by atoms with Crippen LogP contribution in [0.25, 0.3) is 0 Å². The number of amides is 2. The van der Waals surface area contributed by atoms with Crippen molar-refractivity contribution in [2.45, 2.75) is 39.7 Å². The summed E-state index contributed by atoms with van der Waals surface area (Å²) < 4.78 is 14.2. The van der Waals surface area contributed by atoms with Crippen LogP contribution < -0.4 is 5.32 Å². The molecule has 4 rings (SSSR count). The van der Waals surface area contributed by atoms with Crippen molar-refractivity contribution in [1.82, 2.24) is 15.1 Å². The highest BCUT2D eigenvalue weighted by Crippen LogP contribution is 2.32. The molecule has 5 nitrogen and oxygen atoms in total. The van der Waals surface area contributed by atoms with Gasteiger partial charge in [0.1, 0.15) is 5.82 Å². The lowest BCUT2D eigenvalue weighted by Gasteiger charge is -2.25. The molecule has 2 heterocycles. The van der Waals surface area contributed by atoms with Gasteiger partial charge in [0.2, 0.25) is 5.91 Å². The van der Waals surface area contributed by atoms with E-state index in [9.17, 15) is 14.0 Å². The molecule has 2 aromatic rings. The Morgan fingerprint density at radius 2 is 1.86 bits per heavy atom. The maximum absolute atomic E-state index is 14.2. The Bertz CT molecular complexity index is 1090.